The Balaban J connectivity index is 3.42. The zero-order chi connectivity index (χ0) is 27.5. The molecule has 9 nitrogen and oxygen atoms in total. The molecule has 1 aromatic rings. The Labute approximate surface area is 214 Å². The molecule has 0 aliphatic heterocycles. The second kappa shape index (κ2) is 14.3. The molecule has 36 heavy (non-hydrogen) atoms. The van der Waals surface area contributed by atoms with Crippen molar-refractivity contribution in [2.75, 3.05) is 13.1 Å². The van der Waals surface area contributed by atoms with E-state index < -0.39 is 42.0 Å². The minimum Gasteiger partial charge on any atom is -0.444 e. The molecule has 0 aliphatic carbocycles. The first-order chi connectivity index (χ1) is 16.8. The molecule has 9 heteroatoms. The van der Waals surface area contributed by atoms with E-state index in [0.717, 1.165) is 30.4 Å². The Morgan fingerprint density at radius 2 is 1.81 bits per heavy atom. The number of rotatable bonds is 13. The molecular formula is C27H42N4O5. The van der Waals surface area contributed by atoms with Crippen molar-refractivity contribution in [1.29, 1.82) is 0 Å². The van der Waals surface area contributed by atoms with Gasteiger partial charge in [-0.15, -0.1) is 6.58 Å². The molecule has 0 aromatic heterocycles. The van der Waals surface area contributed by atoms with Crippen LogP contribution in [0.15, 0.2) is 30.9 Å². The van der Waals surface area contributed by atoms with Gasteiger partial charge in [-0.1, -0.05) is 44.0 Å². The lowest BCUT2D eigenvalue weighted by Gasteiger charge is -2.33. The van der Waals surface area contributed by atoms with Gasteiger partial charge in [0.1, 0.15) is 17.7 Å². The molecule has 1 aromatic carbocycles. The highest BCUT2D eigenvalue weighted by molar-refractivity contribution is 5.94. The van der Waals surface area contributed by atoms with Gasteiger partial charge in [-0.2, -0.15) is 0 Å². The monoisotopic (exact) mass is 502 g/mol. The number of unbranched alkanes of at least 4 members (excludes halogenated alkanes) is 2. The number of carbonyl (C=O) groups excluding carboxylic acids is 4. The van der Waals surface area contributed by atoms with Crippen molar-refractivity contribution >= 4 is 23.8 Å². The van der Waals surface area contributed by atoms with Crippen molar-refractivity contribution in [2.45, 2.75) is 84.9 Å². The highest BCUT2D eigenvalue weighted by atomic mass is 16.6. The number of ether oxygens (including phenoxy) is 1. The quantitative estimate of drug-likeness (QED) is 0.281. The predicted octanol–water partition coefficient (Wildman–Crippen LogP) is 3.43. The third kappa shape index (κ3) is 10.1. The summed E-state index contributed by atoms with van der Waals surface area (Å²) in [6.45, 7) is 15.2. The molecule has 0 saturated carbocycles. The minimum absolute atomic E-state index is 0.00403. The fraction of sp³-hybridized carbons (Fsp3) is 0.556. The summed E-state index contributed by atoms with van der Waals surface area (Å²) in [5.41, 5.74) is 7.18. The van der Waals surface area contributed by atoms with Gasteiger partial charge >= 0.3 is 6.09 Å². The number of amides is 4. The number of benzene rings is 1. The van der Waals surface area contributed by atoms with Gasteiger partial charge in [-0.3, -0.25) is 14.4 Å². The van der Waals surface area contributed by atoms with Crippen LogP contribution >= 0.6 is 0 Å². The van der Waals surface area contributed by atoms with E-state index in [1.807, 2.05) is 26.0 Å². The Hall–Kier alpha value is -3.36. The number of nitrogens with zero attached hydrogens (tertiary/aromatic N) is 1. The minimum atomic E-state index is -1.32. The summed E-state index contributed by atoms with van der Waals surface area (Å²) >= 11 is 0. The number of hydrogen-bond acceptors (Lipinski definition) is 5. The largest absolute Gasteiger partial charge is 0.444 e. The summed E-state index contributed by atoms with van der Waals surface area (Å²) in [4.78, 5) is 52.7. The van der Waals surface area contributed by atoms with Crippen molar-refractivity contribution in [3.63, 3.8) is 0 Å². The first-order valence-electron chi connectivity index (χ1n) is 12.3. The fourth-order valence-electron chi connectivity index (χ4n) is 3.60. The van der Waals surface area contributed by atoms with E-state index in [1.54, 1.807) is 26.8 Å². The second-order valence-electron chi connectivity index (χ2n) is 9.89. The van der Waals surface area contributed by atoms with Crippen LogP contribution in [-0.4, -0.2) is 53.4 Å². The normalized spacial score (nSPS) is 12.7. The van der Waals surface area contributed by atoms with Crippen LogP contribution in [-0.2, 0) is 19.1 Å². The standard InChI is InChI=1S/C27H42N4O5/c1-8-10-11-14-29-24(33)23(20-13-12-18(3)19(4)16-20)31(15-9-2)25(34)21(17-22(28)32)30-26(35)36-27(5,6)7/h9,12-13,16,21,23H,2,8,10-11,14-15,17H2,1,3-7H3,(H2,28,32)(H,29,33)(H,30,35). The van der Waals surface area contributed by atoms with Crippen LogP contribution in [0.25, 0.3) is 0 Å². The van der Waals surface area contributed by atoms with Crippen LogP contribution in [0, 0.1) is 13.8 Å². The number of alkyl carbamates (subject to hydrolysis) is 1. The number of carbonyl (C=O) groups is 4. The van der Waals surface area contributed by atoms with Crippen LogP contribution in [0.1, 0.15) is 76.1 Å². The van der Waals surface area contributed by atoms with E-state index in [-0.39, 0.29) is 12.5 Å². The summed E-state index contributed by atoms with van der Waals surface area (Å²) in [6.07, 6.45) is 2.94. The summed E-state index contributed by atoms with van der Waals surface area (Å²) < 4.78 is 5.26. The highest BCUT2D eigenvalue weighted by Crippen LogP contribution is 2.25. The number of hydrogen-bond donors (Lipinski definition) is 3. The molecule has 4 amide bonds. The third-order valence-corrected chi connectivity index (χ3v) is 5.49. The number of aryl methyl sites for hydroxylation is 2. The highest BCUT2D eigenvalue weighted by Gasteiger charge is 2.36. The Kier molecular flexibility index (Phi) is 12.1. The van der Waals surface area contributed by atoms with E-state index in [1.165, 1.54) is 11.0 Å². The number of primary amides is 1. The average Bonchev–Trinajstić information content (AvgIpc) is 2.76. The first-order valence-corrected chi connectivity index (χ1v) is 12.3. The average molecular weight is 503 g/mol. The van der Waals surface area contributed by atoms with Crippen molar-refractivity contribution < 1.29 is 23.9 Å². The summed E-state index contributed by atoms with van der Waals surface area (Å²) in [6, 6.07) is 3.22. The molecule has 0 fully saturated rings. The van der Waals surface area contributed by atoms with Crippen LogP contribution in [0.5, 0.6) is 0 Å². The van der Waals surface area contributed by atoms with Gasteiger partial charge in [-0.05, 0) is 57.7 Å². The molecule has 0 aliphatic rings. The molecule has 4 N–H and O–H groups in total. The molecule has 0 bridgehead atoms. The van der Waals surface area contributed by atoms with E-state index in [0.29, 0.717) is 12.1 Å². The summed E-state index contributed by atoms with van der Waals surface area (Å²) in [7, 11) is 0. The second-order valence-corrected chi connectivity index (χ2v) is 9.89. The van der Waals surface area contributed by atoms with Gasteiger partial charge in [0.25, 0.3) is 0 Å². The van der Waals surface area contributed by atoms with E-state index in [2.05, 4.69) is 24.1 Å². The first kappa shape index (κ1) is 30.7. The Morgan fingerprint density at radius 3 is 2.33 bits per heavy atom. The molecule has 2 unspecified atom stereocenters. The summed E-state index contributed by atoms with van der Waals surface area (Å²) in [5, 5.41) is 5.37. The van der Waals surface area contributed by atoms with Crippen LogP contribution in [0.3, 0.4) is 0 Å². The van der Waals surface area contributed by atoms with Crippen molar-refractivity contribution in [3.8, 4) is 0 Å². The molecule has 0 heterocycles. The Morgan fingerprint density at radius 1 is 1.14 bits per heavy atom. The Bertz CT molecular complexity index is 939. The maximum absolute atomic E-state index is 13.7. The maximum Gasteiger partial charge on any atom is 0.408 e. The van der Waals surface area contributed by atoms with Crippen molar-refractivity contribution in [1.82, 2.24) is 15.5 Å². The molecule has 1 rings (SSSR count). The lowest BCUT2D eigenvalue weighted by molar-refractivity contribution is -0.142. The predicted molar refractivity (Wildman–Crippen MR) is 140 cm³/mol. The van der Waals surface area contributed by atoms with Gasteiger partial charge < -0.3 is 26.0 Å². The fourth-order valence-corrected chi connectivity index (χ4v) is 3.60. The third-order valence-electron chi connectivity index (χ3n) is 5.49. The van der Waals surface area contributed by atoms with Crippen molar-refractivity contribution in [2.24, 2.45) is 5.73 Å². The molecule has 200 valence electrons. The van der Waals surface area contributed by atoms with Gasteiger partial charge in [0.2, 0.25) is 17.7 Å². The molecule has 2 atom stereocenters. The number of nitrogens with two attached hydrogens (primary N) is 1. The smallest absolute Gasteiger partial charge is 0.408 e. The van der Waals surface area contributed by atoms with Crippen molar-refractivity contribution in [3.05, 3.63) is 47.5 Å². The van der Waals surface area contributed by atoms with Crippen LogP contribution in [0.2, 0.25) is 0 Å². The van der Waals surface area contributed by atoms with Crippen LogP contribution < -0.4 is 16.4 Å². The topological polar surface area (TPSA) is 131 Å². The van der Waals surface area contributed by atoms with Crippen LogP contribution in [0.4, 0.5) is 4.79 Å². The van der Waals surface area contributed by atoms with Gasteiger partial charge in [0.15, 0.2) is 0 Å². The SMILES string of the molecule is C=CCN(C(=O)C(CC(N)=O)NC(=O)OC(C)(C)C)C(C(=O)NCCCCC)c1ccc(C)c(C)c1. The van der Waals surface area contributed by atoms with Gasteiger partial charge in [0, 0.05) is 13.1 Å². The van der Waals surface area contributed by atoms with Gasteiger partial charge in [0.05, 0.1) is 6.42 Å². The number of nitrogens with one attached hydrogen (secondary N) is 2. The molecule has 0 spiro atoms. The lowest BCUT2D eigenvalue weighted by atomic mass is 9.98. The van der Waals surface area contributed by atoms with Gasteiger partial charge in [-0.25, -0.2) is 4.79 Å². The van der Waals surface area contributed by atoms with E-state index >= 15 is 0 Å². The maximum atomic E-state index is 13.7. The van der Waals surface area contributed by atoms with E-state index in [4.69, 9.17) is 10.5 Å². The zero-order valence-corrected chi connectivity index (χ0v) is 22.5. The molecular weight excluding hydrogens is 460 g/mol. The molecule has 0 saturated heterocycles. The summed E-state index contributed by atoms with van der Waals surface area (Å²) in [5.74, 6) is -1.79. The lowest BCUT2D eigenvalue weighted by Crippen LogP contribution is -2.54. The molecule has 0 radical (unpaired) electrons. The zero-order valence-electron chi connectivity index (χ0n) is 22.5. The van der Waals surface area contributed by atoms with E-state index in [9.17, 15) is 19.2 Å².